The van der Waals surface area contributed by atoms with Crippen LogP contribution in [-0.2, 0) is 0 Å². The molecule has 0 unspecified atom stereocenters. The SMILES string of the molecule is COc1ccc2[nH]cc([C@@H]3CNCCN3)c2c1. The summed E-state index contributed by atoms with van der Waals surface area (Å²) < 4.78 is 5.28. The molecular formula is C13H17N3O. The zero-order chi connectivity index (χ0) is 11.7. The Morgan fingerprint density at radius 2 is 2.24 bits per heavy atom. The van der Waals surface area contributed by atoms with Gasteiger partial charge in [0.1, 0.15) is 5.75 Å². The fourth-order valence-electron chi connectivity index (χ4n) is 2.41. The van der Waals surface area contributed by atoms with Crippen molar-refractivity contribution in [3.8, 4) is 5.75 Å². The summed E-state index contributed by atoms with van der Waals surface area (Å²) >= 11 is 0. The molecule has 90 valence electrons. The number of nitrogens with one attached hydrogen (secondary N) is 3. The lowest BCUT2D eigenvalue weighted by atomic mass is 10.0. The first kappa shape index (κ1) is 10.6. The van der Waals surface area contributed by atoms with Crippen LogP contribution in [0.1, 0.15) is 11.6 Å². The number of methoxy groups -OCH3 is 1. The summed E-state index contributed by atoms with van der Waals surface area (Å²) in [5.41, 5.74) is 2.47. The smallest absolute Gasteiger partial charge is 0.119 e. The lowest BCUT2D eigenvalue weighted by Gasteiger charge is -2.24. The quantitative estimate of drug-likeness (QED) is 0.732. The van der Waals surface area contributed by atoms with E-state index in [2.05, 4.69) is 33.9 Å². The summed E-state index contributed by atoms with van der Waals surface area (Å²) in [5, 5.41) is 8.18. The normalized spacial score (nSPS) is 20.6. The second-order valence-corrected chi connectivity index (χ2v) is 4.37. The van der Waals surface area contributed by atoms with Gasteiger partial charge in [-0.1, -0.05) is 0 Å². The molecule has 1 aromatic carbocycles. The Bertz CT molecular complexity index is 514. The average molecular weight is 231 g/mol. The van der Waals surface area contributed by atoms with Gasteiger partial charge >= 0.3 is 0 Å². The number of hydrogen-bond acceptors (Lipinski definition) is 3. The average Bonchev–Trinajstić information content (AvgIpc) is 2.82. The van der Waals surface area contributed by atoms with Gasteiger partial charge in [0.25, 0.3) is 0 Å². The number of fused-ring (bicyclic) bond motifs is 1. The highest BCUT2D eigenvalue weighted by Crippen LogP contribution is 2.27. The summed E-state index contributed by atoms with van der Waals surface area (Å²) in [6.45, 7) is 3.04. The lowest BCUT2D eigenvalue weighted by Crippen LogP contribution is -2.42. The molecule has 0 aliphatic carbocycles. The van der Waals surface area contributed by atoms with Gasteiger partial charge in [0.05, 0.1) is 7.11 Å². The van der Waals surface area contributed by atoms with Gasteiger partial charge in [0.15, 0.2) is 0 Å². The van der Waals surface area contributed by atoms with Gasteiger partial charge < -0.3 is 20.4 Å². The van der Waals surface area contributed by atoms with Crippen LogP contribution in [0.15, 0.2) is 24.4 Å². The number of rotatable bonds is 2. The van der Waals surface area contributed by atoms with Crippen molar-refractivity contribution in [2.45, 2.75) is 6.04 Å². The Labute approximate surface area is 100 Å². The van der Waals surface area contributed by atoms with E-state index in [4.69, 9.17) is 4.74 Å². The van der Waals surface area contributed by atoms with E-state index in [-0.39, 0.29) is 0 Å². The predicted octanol–water partition coefficient (Wildman–Crippen LogP) is 1.41. The summed E-state index contributed by atoms with van der Waals surface area (Å²) in [6.07, 6.45) is 2.09. The maximum absolute atomic E-state index is 5.28. The molecule has 1 fully saturated rings. The minimum absolute atomic E-state index is 0.379. The van der Waals surface area contributed by atoms with Gasteiger partial charge in [0.2, 0.25) is 0 Å². The first-order chi connectivity index (χ1) is 8.38. The van der Waals surface area contributed by atoms with E-state index < -0.39 is 0 Å². The third kappa shape index (κ3) is 1.90. The molecule has 2 aromatic rings. The zero-order valence-corrected chi connectivity index (χ0v) is 9.92. The molecule has 1 saturated heterocycles. The second-order valence-electron chi connectivity index (χ2n) is 4.37. The van der Waals surface area contributed by atoms with Crippen LogP contribution in [0.25, 0.3) is 10.9 Å². The molecule has 17 heavy (non-hydrogen) atoms. The molecule has 0 radical (unpaired) electrons. The monoisotopic (exact) mass is 231 g/mol. The summed E-state index contributed by atoms with van der Waals surface area (Å²) in [4.78, 5) is 3.31. The van der Waals surface area contributed by atoms with Crippen molar-refractivity contribution >= 4 is 10.9 Å². The van der Waals surface area contributed by atoms with E-state index >= 15 is 0 Å². The van der Waals surface area contributed by atoms with Crippen molar-refractivity contribution in [3.05, 3.63) is 30.0 Å². The number of hydrogen-bond donors (Lipinski definition) is 3. The maximum atomic E-state index is 5.28. The standard InChI is InChI=1S/C13H17N3O/c1-17-9-2-3-12-10(6-9)11(7-16-12)13-8-14-4-5-15-13/h2-3,6-7,13-16H,4-5,8H2,1H3/t13-/m0/s1. The fraction of sp³-hybridized carbons (Fsp3) is 0.385. The number of piperazine rings is 1. The number of benzene rings is 1. The van der Waals surface area contributed by atoms with Crippen LogP contribution in [0.4, 0.5) is 0 Å². The zero-order valence-electron chi connectivity index (χ0n) is 9.92. The molecule has 0 bridgehead atoms. The van der Waals surface area contributed by atoms with E-state index in [9.17, 15) is 0 Å². The van der Waals surface area contributed by atoms with E-state index in [1.807, 2.05) is 6.07 Å². The van der Waals surface area contributed by atoms with Crippen molar-refractivity contribution < 1.29 is 4.74 Å². The maximum Gasteiger partial charge on any atom is 0.119 e. The van der Waals surface area contributed by atoms with Crippen molar-refractivity contribution in [3.63, 3.8) is 0 Å². The summed E-state index contributed by atoms with van der Waals surface area (Å²) in [5.74, 6) is 0.905. The van der Waals surface area contributed by atoms with Crippen molar-refractivity contribution in [2.24, 2.45) is 0 Å². The van der Waals surface area contributed by atoms with E-state index in [0.29, 0.717) is 6.04 Å². The van der Waals surface area contributed by atoms with E-state index in [1.54, 1.807) is 7.11 Å². The summed E-state index contributed by atoms with van der Waals surface area (Å²) in [7, 11) is 1.70. The van der Waals surface area contributed by atoms with Gasteiger partial charge in [-0.3, -0.25) is 0 Å². The Morgan fingerprint density at radius 1 is 1.29 bits per heavy atom. The number of aromatic amines is 1. The highest BCUT2D eigenvalue weighted by molar-refractivity contribution is 5.85. The molecular weight excluding hydrogens is 214 g/mol. The van der Waals surface area contributed by atoms with Crippen LogP contribution in [0.5, 0.6) is 5.75 Å². The van der Waals surface area contributed by atoms with Crippen molar-refractivity contribution in [1.82, 2.24) is 15.6 Å². The summed E-state index contributed by atoms with van der Waals surface area (Å²) in [6, 6.07) is 6.52. The van der Waals surface area contributed by atoms with Crippen LogP contribution in [0.2, 0.25) is 0 Å². The van der Waals surface area contributed by atoms with Gasteiger partial charge in [-0.15, -0.1) is 0 Å². The van der Waals surface area contributed by atoms with E-state index in [1.165, 1.54) is 10.9 Å². The molecule has 4 heteroatoms. The lowest BCUT2D eigenvalue weighted by molar-refractivity contribution is 0.415. The Hall–Kier alpha value is -1.52. The highest BCUT2D eigenvalue weighted by atomic mass is 16.5. The van der Waals surface area contributed by atoms with Crippen LogP contribution in [0.3, 0.4) is 0 Å². The van der Waals surface area contributed by atoms with E-state index in [0.717, 1.165) is 30.9 Å². The van der Waals surface area contributed by atoms with Crippen LogP contribution >= 0.6 is 0 Å². The third-order valence-electron chi connectivity index (χ3n) is 3.34. The van der Waals surface area contributed by atoms with Crippen molar-refractivity contribution in [2.75, 3.05) is 26.7 Å². The molecule has 1 atom stereocenters. The largest absolute Gasteiger partial charge is 0.497 e. The number of aromatic nitrogens is 1. The Kier molecular flexibility index (Phi) is 2.74. The van der Waals surface area contributed by atoms with Crippen LogP contribution in [-0.4, -0.2) is 31.7 Å². The first-order valence-corrected chi connectivity index (χ1v) is 5.97. The molecule has 1 aliphatic heterocycles. The topological polar surface area (TPSA) is 49.1 Å². The molecule has 3 rings (SSSR count). The van der Waals surface area contributed by atoms with Crippen LogP contribution in [0, 0.1) is 0 Å². The second kappa shape index (κ2) is 4.39. The molecule has 0 amide bonds. The molecule has 4 nitrogen and oxygen atoms in total. The Morgan fingerprint density at radius 3 is 3.00 bits per heavy atom. The van der Waals surface area contributed by atoms with Crippen molar-refractivity contribution in [1.29, 1.82) is 0 Å². The fourth-order valence-corrected chi connectivity index (χ4v) is 2.41. The van der Waals surface area contributed by atoms with Gasteiger partial charge in [0, 0.05) is 42.8 Å². The Balaban J connectivity index is 2.02. The first-order valence-electron chi connectivity index (χ1n) is 5.97. The highest BCUT2D eigenvalue weighted by Gasteiger charge is 2.17. The minimum atomic E-state index is 0.379. The number of H-pyrrole nitrogens is 1. The molecule has 1 aliphatic rings. The molecule has 0 saturated carbocycles. The predicted molar refractivity (Wildman–Crippen MR) is 68.5 cm³/mol. The van der Waals surface area contributed by atoms with Gasteiger partial charge in [-0.05, 0) is 23.8 Å². The third-order valence-corrected chi connectivity index (χ3v) is 3.34. The minimum Gasteiger partial charge on any atom is -0.497 e. The molecule has 3 N–H and O–H groups in total. The molecule has 1 aromatic heterocycles. The van der Waals surface area contributed by atoms with Gasteiger partial charge in [-0.25, -0.2) is 0 Å². The van der Waals surface area contributed by atoms with Gasteiger partial charge in [-0.2, -0.15) is 0 Å². The molecule has 0 spiro atoms. The number of ether oxygens (including phenoxy) is 1. The molecule has 2 heterocycles. The van der Waals surface area contributed by atoms with Crippen LogP contribution < -0.4 is 15.4 Å².